The van der Waals surface area contributed by atoms with Gasteiger partial charge in [-0.05, 0) is 49.3 Å². The fourth-order valence-electron chi connectivity index (χ4n) is 4.02. The van der Waals surface area contributed by atoms with E-state index in [1.807, 2.05) is 0 Å². The highest BCUT2D eigenvalue weighted by Gasteiger charge is 2.42. The number of nitrogens with zero attached hydrogens (tertiary/aromatic N) is 1. The molecule has 0 aliphatic heterocycles. The average molecular weight is 449 g/mol. The summed E-state index contributed by atoms with van der Waals surface area (Å²) in [5.74, 6) is -3.03. The van der Waals surface area contributed by atoms with E-state index in [4.69, 9.17) is 9.84 Å². The molecule has 0 bridgehead atoms. The van der Waals surface area contributed by atoms with E-state index in [1.54, 1.807) is 0 Å². The maximum Gasteiger partial charge on any atom is 0.420 e. The van der Waals surface area contributed by atoms with Gasteiger partial charge >= 0.3 is 18.3 Å². The summed E-state index contributed by atoms with van der Waals surface area (Å²) in [4.78, 5) is 12.3. The van der Waals surface area contributed by atoms with Crippen LogP contribution in [-0.4, -0.2) is 36.9 Å². The van der Waals surface area contributed by atoms with Gasteiger partial charge in [0.25, 0.3) is 0 Å². The predicted molar refractivity (Wildman–Crippen MR) is 102 cm³/mol. The number of carboxylic acid groups (broad SMARTS) is 1. The predicted octanol–water partition coefficient (Wildman–Crippen LogP) is 5.88. The third-order valence-electron chi connectivity index (χ3n) is 5.50. The summed E-state index contributed by atoms with van der Waals surface area (Å²) >= 11 is 0. The lowest BCUT2D eigenvalue weighted by Crippen LogP contribution is -2.32. The van der Waals surface area contributed by atoms with Gasteiger partial charge in [0.05, 0.1) is 12.0 Å². The van der Waals surface area contributed by atoms with Crippen LogP contribution in [0.25, 0.3) is 10.8 Å². The Balaban J connectivity index is 1.95. The van der Waals surface area contributed by atoms with Crippen molar-refractivity contribution in [1.29, 1.82) is 0 Å². The SMILES string of the molecule is CN(CC(=O)O)c1cccc2c(C(F)(F)F)c(OC3CCC(C(F)(F)F)CC3)ccc12. The van der Waals surface area contributed by atoms with Gasteiger partial charge in [0.1, 0.15) is 17.9 Å². The molecule has 0 heterocycles. The summed E-state index contributed by atoms with van der Waals surface area (Å²) in [6, 6.07) is 6.74. The summed E-state index contributed by atoms with van der Waals surface area (Å²) < 4.78 is 85.9. The number of carbonyl (C=O) groups is 1. The number of hydrogen-bond donors (Lipinski definition) is 1. The highest BCUT2D eigenvalue weighted by molar-refractivity contribution is 5.98. The van der Waals surface area contributed by atoms with Crippen LogP contribution in [0.4, 0.5) is 32.0 Å². The van der Waals surface area contributed by atoms with E-state index >= 15 is 0 Å². The Bertz CT molecular complexity index is 949. The first-order chi connectivity index (χ1) is 14.4. The lowest BCUT2D eigenvalue weighted by Gasteiger charge is -2.31. The molecular weight excluding hydrogens is 428 g/mol. The first kappa shape index (κ1) is 23.0. The topological polar surface area (TPSA) is 49.8 Å². The molecule has 1 saturated carbocycles. The molecule has 1 N–H and O–H groups in total. The van der Waals surface area contributed by atoms with Crippen LogP contribution in [0.2, 0.25) is 0 Å². The molecule has 0 unspecified atom stereocenters. The van der Waals surface area contributed by atoms with Crippen molar-refractivity contribution < 1.29 is 41.0 Å². The van der Waals surface area contributed by atoms with Gasteiger partial charge < -0.3 is 14.7 Å². The summed E-state index contributed by atoms with van der Waals surface area (Å²) in [5.41, 5.74) is -0.712. The average Bonchev–Trinajstić information content (AvgIpc) is 2.65. The van der Waals surface area contributed by atoms with Gasteiger partial charge in [-0.15, -0.1) is 0 Å². The molecule has 3 rings (SSSR count). The Labute approximate surface area is 174 Å². The number of halogens is 6. The van der Waals surface area contributed by atoms with Crippen LogP contribution in [0.1, 0.15) is 31.2 Å². The molecule has 0 atom stereocenters. The number of alkyl halides is 6. The van der Waals surface area contributed by atoms with Crippen LogP contribution in [0.3, 0.4) is 0 Å². The van der Waals surface area contributed by atoms with Gasteiger partial charge in [-0.1, -0.05) is 12.1 Å². The normalized spacial score (nSPS) is 20.0. The van der Waals surface area contributed by atoms with Crippen molar-refractivity contribution in [3.63, 3.8) is 0 Å². The van der Waals surface area contributed by atoms with E-state index in [1.165, 1.54) is 36.2 Å². The lowest BCUT2D eigenvalue weighted by molar-refractivity contribution is -0.185. The molecule has 0 spiro atoms. The summed E-state index contributed by atoms with van der Waals surface area (Å²) in [6.07, 6.45) is -10.2. The highest BCUT2D eigenvalue weighted by Crippen LogP contribution is 2.45. The highest BCUT2D eigenvalue weighted by atomic mass is 19.4. The van der Waals surface area contributed by atoms with Gasteiger partial charge in [-0.25, -0.2) is 0 Å². The number of anilines is 1. The van der Waals surface area contributed by atoms with E-state index in [-0.39, 0.29) is 36.5 Å². The fraction of sp³-hybridized carbons (Fsp3) is 0.476. The number of hydrogen-bond acceptors (Lipinski definition) is 3. The monoisotopic (exact) mass is 449 g/mol. The van der Waals surface area contributed by atoms with Gasteiger partial charge in [0, 0.05) is 18.1 Å². The van der Waals surface area contributed by atoms with Crippen LogP contribution in [-0.2, 0) is 11.0 Å². The molecule has 31 heavy (non-hydrogen) atoms. The van der Waals surface area contributed by atoms with Gasteiger partial charge in [-0.3, -0.25) is 4.79 Å². The minimum atomic E-state index is -4.78. The molecule has 1 aliphatic carbocycles. The smallest absolute Gasteiger partial charge is 0.420 e. The van der Waals surface area contributed by atoms with Crippen molar-refractivity contribution in [2.24, 2.45) is 5.92 Å². The van der Waals surface area contributed by atoms with Crippen LogP contribution in [0, 0.1) is 5.92 Å². The largest absolute Gasteiger partial charge is 0.490 e. The Morgan fingerprint density at radius 2 is 1.68 bits per heavy atom. The van der Waals surface area contributed by atoms with Crippen molar-refractivity contribution in [3.8, 4) is 5.75 Å². The van der Waals surface area contributed by atoms with Crippen LogP contribution in [0.15, 0.2) is 30.3 Å². The number of ether oxygens (including phenoxy) is 1. The molecule has 2 aromatic rings. The van der Waals surface area contributed by atoms with Gasteiger partial charge in [0.15, 0.2) is 0 Å². The maximum atomic E-state index is 14.0. The Kier molecular flexibility index (Phi) is 6.29. The van der Waals surface area contributed by atoms with E-state index in [0.717, 1.165) is 6.07 Å². The zero-order valence-electron chi connectivity index (χ0n) is 16.6. The van der Waals surface area contributed by atoms with E-state index in [0.29, 0.717) is 5.69 Å². The van der Waals surface area contributed by atoms with Crippen molar-refractivity contribution in [2.45, 2.75) is 44.1 Å². The Morgan fingerprint density at radius 3 is 2.23 bits per heavy atom. The van der Waals surface area contributed by atoms with Gasteiger partial charge in [-0.2, -0.15) is 26.3 Å². The number of carboxylic acids is 1. The van der Waals surface area contributed by atoms with E-state index in [2.05, 4.69) is 0 Å². The third kappa shape index (κ3) is 5.16. The standard InChI is InChI=1S/C21H21F6NO3/c1-28(11-18(29)30)16-4-2-3-15-14(16)9-10-17(19(15)21(25,26)27)31-13-7-5-12(6-8-13)20(22,23)24/h2-4,9-10,12-13H,5-8,11H2,1H3,(H,29,30). The van der Waals surface area contributed by atoms with Crippen LogP contribution < -0.4 is 9.64 Å². The molecule has 4 nitrogen and oxygen atoms in total. The summed E-state index contributed by atoms with van der Waals surface area (Å²) in [6.45, 7) is -0.402. The molecular formula is C21H21F6NO3. The number of rotatable bonds is 5. The Hall–Kier alpha value is -2.65. The second-order valence-electron chi connectivity index (χ2n) is 7.69. The van der Waals surface area contributed by atoms with Crippen molar-refractivity contribution in [2.75, 3.05) is 18.5 Å². The zero-order chi connectivity index (χ0) is 23.0. The number of fused-ring (bicyclic) bond motifs is 1. The number of likely N-dealkylation sites (N-methyl/N-ethyl adjacent to an activating group) is 1. The minimum Gasteiger partial charge on any atom is -0.490 e. The van der Waals surface area contributed by atoms with Crippen molar-refractivity contribution in [3.05, 3.63) is 35.9 Å². The molecule has 1 fully saturated rings. The molecule has 1 aliphatic rings. The fourth-order valence-corrected chi connectivity index (χ4v) is 4.02. The molecule has 2 aromatic carbocycles. The molecule has 0 saturated heterocycles. The maximum absolute atomic E-state index is 14.0. The first-order valence-corrected chi connectivity index (χ1v) is 9.67. The number of benzene rings is 2. The van der Waals surface area contributed by atoms with Gasteiger partial charge in [0.2, 0.25) is 0 Å². The first-order valence-electron chi connectivity index (χ1n) is 9.67. The van der Waals surface area contributed by atoms with E-state index in [9.17, 15) is 31.1 Å². The third-order valence-corrected chi connectivity index (χ3v) is 5.50. The minimum absolute atomic E-state index is 0.0148. The molecule has 170 valence electrons. The van der Waals surface area contributed by atoms with Crippen LogP contribution in [0.5, 0.6) is 5.75 Å². The quantitative estimate of drug-likeness (QED) is 0.580. The second kappa shape index (κ2) is 8.47. The summed E-state index contributed by atoms with van der Waals surface area (Å²) in [7, 11) is 1.46. The molecule has 0 aromatic heterocycles. The Morgan fingerprint density at radius 1 is 1.03 bits per heavy atom. The second-order valence-corrected chi connectivity index (χ2v) is 7.69. The zero-order valence-corrected chi connectivity index (χ0v) is 16.6. The molecule has 0 radical (unpaired) electrons. The van der Waals surface area contributed by atoms with Crippen LogP contribution >= 0.6 is 0 Å². The summed E-state index contributed by atoms with van der Waals surface area (Å²) in [5, 5.41) is 9.02. The van der Waals surface area contributed by atoms with E-state index < -0.39 is 48.2 Å². The van der Waals surface area contributed by atoms with Crippen molar-refractivity contribution >= 4 is 22.4 Å². The number of aliphatic carboxylic acids is 1. The lowest BCUT2D eigenvalue weighted by atomic mass is 9.87. The molecule has 10 heteroatoms. The molecule has 0 amide bonds. The van der Waals surface area contributed by atoms with Crippen molar-refractivity contribution in [1.82, 2.24) is 0 Å².